The van der Waals surface area contributed by atoms with E-state index in [9.17, 15) is 0 Å². The topological polar surface area (TPSA) is 3.24 Å². The van der Waals surface area contributed by atoms with Gasteiger partial charge in [-0.25, -0.2) is 0 Å². The second kappa shape index (κ2) is 16.2. The van der Waals surface area contributed by atoms with Crippen LogP contribution in [0.25, 0.3) is 29.9 Å². The number of fused-ring (bicyclic) bond motifs is 1. The zero-order chi connectivity index (χ0) is 33.0. The summed E-state index contributed by atoms with van der Waals surface area (Å²) in [5.41, 5.74) is 11.5. The summed E-state index contributed by atoms with van der Waals surface area (Å²) in [6.45, 7) is 16.9. The SMILES string of the molecule is C=C/C(=C\C=C(/C)N(c1cccc(C2=CC=CCC2)c1)c1cccc(/C=C\C)c1C=C)CC1=C/C/C=c2/cccc/c2=C/C(=C)/C=C\1. The Bertz CT molecular complexity index is 2000. The van der Waals surface area contributed by atoms with Gasteiger partial charge < -0.3 is 4.90 Å². The van der Waals surface area contributed by atoms with Crippen molar-refractivity contribution in [3.05, 3.63) is 197 Å². The third-order valence-corrected chi connectivity index (χ3v) is 8.53. The van der Waals surface area contributed by atoms with Crippen LogP contribution in [0.1, 0.15) is 56.2 Å². The predicted molar refractivity (Wildman–Crippen MR) is 208 cm³/mol. The monoisotopic (exact) mass is 611 g/mol. The highest BCUT2D eigenvalue weighted by atomic mass is 15.1. The molecule has 0 saturated carbocycles. The van der Waals surface area contributed by atoms with E-state index in [2.05, 4.69) is 178 Å². The number of hydrogen-bond acceptors (Lipinski definition) is 1. The van der Waals surface area contributed by atoms with Gasteiger partial charge in [-0.1, -0.05) is 141 Å². The molecule has 0 aliphatic heterocycles. The first kappa shape index (κ1) is 33.0. The summed E-state index contributed by atoms with van der Waals surface area (Å²) in [6, 6.07) is 23.8. The Labute approximate surface area is 281 Å². The van der Waals surface area contributed by atoms with Crippen molar-refractivity contribution in [3.63, 3.8) is 0 Å². The molecular weight excluding hydrogens is 567 g/mol. The number of nitrogens with zero attached hydrogens (tertiary/aromatic N) is 1. The van der Waals surface area contributed by atoms with Crippen LogP contribution in [0.5, 0.6) is 0 Å². The number of rotatable bonds is 10. The Morgan fingerprint density at radius 1 is 0.915 bits per heavy atom. The molecule has 0 radical (unpaired) electrons. The summed E-state index contributed by atoms with van der Waals surface area (Å²) in [5, 5.41) is 2.43. The number of benzene rings is 3. The first-order chi connectivity index (χ1) is 23.0. The Morgan fingerprint density at radius 3 is 2.51 bits per heavy atom. The van der Waals surface area contributed by atoms with Gasteiger partial charge in [-0.05, 0) is 114 Å². The van der Waals surface area contributed by atoms with Gasteiger partial charge in [0.15, 0.2) is 0 Å². The van der Waals surface area contributed by atoms with Gasteiger partial charge in [0.05, 0.1) is 5.69 Å². The largest absolute Gasteiger partial charge is 0.314 e. The highest BCUT2D eigenvalue weighted by Crippen LogP contribution is 2.37. The van der Waals surface area contributed by atoms with Crippen LogP contribution in [0.15, 0.2) is 170 Å². The maximum Gasteiger partial charge on any atom is 0.0536 e. The van der Waals surface area contributed by atoms with E-state index in [1.165, 1.54) is 27.1 Å². The van der Waals surface area contributed by atoms with Gasteiger partial charge >= 0.3 is 0 Å². The molecule has 5 rings (SSSR count). The van der Waals surface area contributed by atoms with E-state index in [1.807, 2.05) is 12.2 Å². The molecule has 0 amide bonds. The van der Waals surface area contributed by atoms with E-state index in [0.29, 0.717) is 0 Å². The molecule has 0 unspecified atom stereocenters. The Morgan fingerprint density at radius 2 is 1.74 bits per heavy atom. The van der Waals surface area contributed by atoms with Gasteiger partial charge in [-0.3, -0.25) is 0 Å². The molecule has 3 aromatic rings. The second-order valence-electron chi connectivity index (χ2n) is 11.9. The second-order valence-corrected chi connectivity index (χ2v) is 11.9. The van der Waals surface area contributed by atoms with Crippen molar-refractivity contribution in [2.24, 2.45) is 0 Å². The van der Waals surface area contributed by atoms with Crippen molar-refractivity contribution in [2.75, 3.05) is 4.90 Å². The van der Waals surface area contributed by atoms with Crippen LogP contribution in [0.4, 0.5) is 11.4 Å². The predicted octanol–water partition coefficient (Wildman–Crippen LogP) is 11.3. The van der Waals surface area contributed by atoms with Gasteiger partial charge in [0.1, 0.15) is 0 Å². The highest BCUT2D eigenvalue weighted by Gasteiger charge is 2.17. The molecule has 0 fully saturated rings. The lowest BCUT2D eigenvalue weighted by Crippen LogP contribution is -2.23. The van der Waals surface area contributed by atoms with Crippen LogP contribution in [-0.2, 0) is 0 Å². The molecule has 2 aliphatic carbocycles. The minimum atomic E-state index is 0.776. The van der Waals surface area contributed by atoms with Crippen molar-refractivity contribution in [2.45, 2.75) is 39.5 Å². The molecule has 0 bridgehead atoms. The van der Waals surface area contributed by atoms with Gasteiger partial charge in [0.25, 0.3) is 0 Å². The van der Waals surface area contributed by atoms with Gasteiger partial charge in [-0.2, -0.15) is 0 Å². The van der Waals surface area contributed by atoms with Gasteiger partial charge in [-0.15, -0.1) is 0 Å². The van der Waals surface area contributed by atoms with E-state index < -0.39 is 0 Å². The minimum absolute atomic E-state index is 0.776. The van der Waals surface area contributed by atoms with Gasteiger partial charge in [0, 0.05) is 16.9 Å². The number of hydrogen-bond donors (Lipinski definition) is 0. The highest BCUT2D eigenvalue weighted by molar-refractivity contribution is 5.83. The maximum absolute atomic E-state index is 4.27. The average molecular weight is 612 g/mol. The number of allylic oxidation sites excluding steroid dienone is 15. The van der Waals surface area contributed by atoms with Crippen LogP contribution < -0.4 is 15.3 Å². The third kappa shape index (κ3) is 8.45. The lowest BCUT2D eigenvalue weighted by atomic mass is 9.96. The maximum atomic E-state index is 4.27. The van der Waals surface area contributed by atoms with Crippen LogP contribution in [0, 0.1) is 0 Å². The molecule has 0 atom stereocenters. The molecular formula is C46H45N. The molecule has 47 heavy (non-hydrogen) atoms. The molecule has 3 aromatic carbocycles. The summed E-state index contributed by atoms with van der Waals surface area (Å²) in [7, 11) is 0. The molecule has 0 heterocycles. The fourth-order valence-electron chi connectivity index (χ4n) is 6.10. The van der Waals surface area contributed by atoms with Crippen LogP contribution >= 0.6 is 0 Å². The summed E-state index contributed by atoms with van der Waals surface area (Å²) >= 11 is 0. The first-order valence-electron chi connectivity index (χ1n) is 16.5. The molecule has 1 heteroatoms. The summed E-state index contributed by atoms with van der Waals surface area (Å²) in [6.07, 6.45) is 34.0. The van der Waals surface area contributed by atoms with Crippen molar-refractivity contribution in [1.29, 1.82) is 0 Å². The average Bonchev–Trinajstić information content (AvgIpc) is 3.10. The van der Waals surface area contributed by atoms with E-state index in [1.54, 1.807) is 0 Å². The van der Waals surface area contributed by atoms with Crippen molar-refractivity contribution in [1.82, 2.24) is 0 Å². The lowest BCUT2D eigenvalue weighted by Gasteiger charge is -2.29. The smallest absolute Gasteiger partial charge is 0.0536 e. The van der Waals surface area contributed by atoms with Crippen molar-refractivity contribution < 1.29 is 0 Å². The quantitative estimate of drug-likeness (QED) is 0.206. The fourth-order valence-corrected chi connectivity index (χ4v) is 6.10. The molecule has 0 aromatic heterocycles. The first-order valence-corrected chi connectivity index (χ1v) is 16.5. The molecule has 0 saturated heterocycles. The summed E-state index contributed by atoms with van der Waals surface area (Å²) in [5.74, 6) is 0. The molecule has 0 N–H and O–H groups in total. The van der Waals surface area contributed by atoms with E-state index in [0.717, 1.165) is 65.0 Å². The van der Waals surface area contributed by atoms with E-state index >= 15 is 0 Å². The van der Waals surface area contributed by atoms with Crippen LogP contribution in [0.3, 0.4) is 0 Å². The summed E-state index contributed by atoms with van der Waals surface area (Å²) in [4.78, 5) is 2.35. The Hall–Kier alpha value is -5.40. The van der Waals surface area contributed by atoms with Gasteiger partial charge in [0.2, 0.25) is 0 Å². The van der Waals surface area contributed by atoms with Crippen molar-refractivity contribution >= 4 is 41.3 Å². The fraction of sp³-hybridized carbons (Fsp3) is 0.130. The zero-order valence-corrected chi connectivity index (χ0v) is 27.8. The Kier molecular flexibility index (Phi) is 11.4. The lowest BCUT2D eigenvalue weighted by molar-refractivity contribution is 1.05. The molecule has 0 spiro atoms. The van der Waals surface area contributed by atoms with E-state index in [4.69, 9.17) is 0 Å². The molecule has 234 valence electrons. The standard InChI is InChI=1S/C46H45N/c1-6-17-41-24-16-27-46(45(41)8-3)47(44-26-15-25-43(34-44)39-19-10-9-11-20-39)36(5)29-31-37(7-2)33-38-18-14-23-40-21-12-13-22-42(40)32-35(4)28-30-38/h6-10,12-13,15-19,21-32,34H,2-4,11,14,20,33H2,1,5H3/b17-6-,30-28-,36-29+,37-31+,38-18+,40-23-,42-32-. The van der Waals surface area contributed by atoms with Crippen LogP contribution in [0.2, 0.25) is 0 Å². The Balaban J connectivity index is 1.53. The van der Waals surface area contributed by atoms with Crippen LogP contribution in [-0.4, -0.2) is 0 Å². The molecule has 2 aliphatic rings. The third-order valence-electron chi connectivity index (χ3n) is 8.53. The minimum Gasteiger partial charge on any atom is -0.314 e. The normalized spacial score (nSPS) is 18.5. The zero-order valence-electron chi connectivity index (χ0n) is 27.8. The van der Waals surface area contributed by atoms with Crippen molar-refractivity contribution in [3.8, 4) is 0 Å². The summed E-state index contributed by atoms with van der Waals surface area (Å²) < 4.78 is 0. The molecule has 1 nitrogen and oxygen atoms in total. The number of anilines is 2. The van der Waals surface area contributed by atoms with E-state index in [-0.39, 0.29) is 0 Å².